The normalized spacial score (nSPS) is 19.6. The molecular formula is C25H42N2O3Si. The van der Waals surface area contributed by atoms with Gasteiger partial charge in [-0.05, 0) is 87.8 Å². The maximum Gasteiger partial charge on any atom is 0.410 e. The quantitative estimate of drug-likeness (QED) is 0.511. The zero-order valence-corrected chi connectivity index (χ0v) is 21.9. The number of benzene rings is 1. The molecule has 2 saturated heterocycles. The first-order chi connectivity index (χ1) is 14.2. The summed E-state index contributed by atoms with van der Waals surface area (Å²) in [5.74, 6) is 0.981. The minimum absolute atomic E-state index is 0.172. The van der Waals surface area contributed by atoms with Crippen LogP contribution in [0.5, 0.6) is 5.75 Å². The topological polar surface area (TPSA) is 42.0 Å². The lowest BCUT2D eigenvalue weighted by molar-refractivity contribution is 0.0122. The molecular weight excluding hydrogens is 404 g/mol. The van der Waals surface area contributed by atoms with E-state index in [-0.39, 0.29) is 11.1 Å². The largest absolute Gasteiger partial charge is 0.544 e. The zero-order chi connectivity index (χ0) is 23.1. The minimum Gasteiger partial charge on any atom is -0.544 e. The SMILES string of the molecule is CC(C)(C)OC(=O)N1CCC2(CC1)CCN(c1ccc(O[Si](C)(C)C(C)(C)C)cc1)C2. The number of carbonyl (C=O) groups is 1. The Morgan fingerprint density at radius 3 is 2.00 bits per heavy atom. The highest BCUT2D eigenvalue weighted by Crippen LogP contribution is 2.43. The summed E-state index contributed by atoms with van der Waals surface area (Å²) in [6, 6.07) is 8.67. The highest BCUT2D eigenvalue weighted by molar-refractivity contribution is 6.74. The van der Waals surface area contributed by atoms with E-state index in [9.17, 15) is 4.79 Å². The molecule has 0 unspecified atom stereocenters. The first-order valence-electron chi connectivity index (χ1n) is 11.7. The summed E-state index contributed by atoms with van der Waals surface area (Å²) < 4.78 is 12.0. The number of carbonyl (C=O) groups excluding carboxylic acids is 1. The van der Waals surface area contributed by atoms with Crippen molar-refractivity contribution in [3.8, 4) is 5.75 Å². The zero-order valence-electron chi connectivity index (χ0n) is 20.9. The molecule has 2 aliphatic heterocycles. The van der Waals surface area contributed by atoms with Gasteiger partial charge in [-0.3, -0.25) is 0 Å². The van der Waals surface area contributed by atoms with Crippen molar-refractivity contribution in [1.29, 1.82) is 0 Å². The van der Waals surface area contributed by atoms with Gasteiger partial charge in [0.2, 0.25) is 8.32 Å². The van der Waals surface area contributed by atoms with Crippen LogP contribution in [-0.2, 0) is 4.74 Å². The summed E-state index contributed by atoms with van der Waals surface area (Å²) in [6.45, 7) is 20.9. The van der Waals surface area contributed by atoms with Crippen LogP contribution in [-0.4, -0.2) is 51.1 Å². The third-order valence-electron chi connectivity index (χ3n) is 7.30. The number of anilines is 1. The van der Waals surface area contributed by atoms with E-state index in [1.54, 1.807) is 0 Å². The molecule has 1 spiro atoms. The molecule has 6 heteroatoms. The molecule has 0 aliphatic carbocycles. The van der Waals surface area contributed by atoms with Crippen LogP contribution in [0, 0.1) is 5.41 Å². The van der Waals surface area contributed by atoms with Gasteiger partial charge in [-0.1, -0.05) is 20.8 Å². The average molecular weight is 447 g/mol. The van der Waals surface area contributed by atoms with Crippen molar-refractivity contribution < 1.29 is 14.0 Å². The molecule has 174 valence electrons. The number of rotatable bonds is 3. The van der Waals surface area contributed by atoms with Crippen LogP contribution in [0.2, 0.25) is 18.1 Å². The van der Waals surface area contributed by atoms with Gasteiger partial charge in [0.25, 0.3) is 0 Å². The first kappa shape index (κ1) is 24.0. The van der Waals surface area contributed by atoms with Gasteiger partial charge >= 0.3 is 6.09 Å². The maximum absolute atomic E-state index is 12.4. The van der Waals surface area contributed by atoms with Gasteiger partial charge in [0.05, 0.1) is 0 Å². The van der Waals surface area contributed by atoms with E-state index in [1.807, 2.05) is 25.7 Å². The van der Waals surface area contributed by atoms with E-state index in [0.717, 1.165) is 44.8 Å². The van der Waals surface area contributed by atoms with Crippen molar-refractivity contribution in [2.45, 2.75) is 84.5 Å². The van der Waals surface area contributed by atoms with Gasteiger partial charge in [-0.2, -0.15) is 0 Å². The fourth-order valence-corrected chi connectivity index (χ4v) is 5.26. The van der Waals surface area contributed by atoms with E-state index < -0.39 is 13.9 Å². The maximum atomic E-state index is 12.4. The van der Waals surface area contributed by atoms with Crippen LogP contribution in [0.25, 0.3) is 0 Å². The Hall–Kier alpha value is -1.69. The third kappa shape index (κ3) is 5.76. The summed E-state index contributed by atoms with van der Waals surface area (Å²) in [7, 11) is -1.81. The van der Waals surface area contributed by atoms with Gasteiger partial charge in [-0.15, -0.1) is 0 Å². The third-order valence-corrected chi connectivity index (χ3v) is 11.7. The van der Waals surface area contributed by atoms with Crippen molar-refractivity contribution in [2.24, 2.45) is 5.41 Å². The Morgan fingerprint density at radius 2 is 1.48 bits per heavy atom. The first-order valence-corrected chi connectivity index (χ1v) is 14.6. The minimum atomic E-state index is -1.81. The molecule has 1 amide bonds. The smallest absolute Gasteiger partial charge is 0.410 e. The fraction of sp³-hybridized carbons (Fsp3) is 0.720. The van der Waals surface area contributed by atoms with Crippen LogP contribution in [0.1, 0.15) is 60.8 Å². The Morgan fingerprint density at radius 1 is 0.935 bits per heavy atom. The van der Waals surface area contributed by atoms with E-state index in [2.05, 4.69) is 63.0 Å². The number of piperidine rings is 1. The van der Waals surface area contributed by atoms with Crippen LogP contribution in [0.3, 0.4) is 0 Å². The molecule has 0 N–H and O–H groups in total. The predicted molar refractivity (Wildman–Crippen MR) is 131 cm³/mol. The van der Waals surface area contributed by atoms with Crippen molar-refractivity contribution >= 4 is 20.1 Å². The average Bonchev–Trinajstić information content (AvgIpc) is 3.04. The number of amides is 1. The van der Waals surface area contributed by atoms with Gasteiger partial charge < -0.3 is 19.0 Å². The van der Waals surface area contributed by atoms with E-state index in [1.165, 1.54) is 12.1 Å². The monoisotopic (exact) mass is 446 g/mol. The second-order valence-electron chi connectivity index (χ2n) is 12.0. The summed E-state index contributed by atoms with van der Waals surface area (Å²) in [4.78, 5) is 16.8. The van der Waals surface area contributed by atoms with Crippen LogP contribution in [0.4, 0.5) is 10.5 Å². The lowest BCUT2D eigenvalue weighted by Gasteiger charge is -2.39. The molecule has 0 aromatic heterocycles. The Labute approximate surface area is 190 Å². The van der Waals surface area contributed by atoms with Crippen molar-refractivity contribution in [3.05, 3.63) is 24.3 Å². The summed E-state index contributed by atoms with van der Waals surface area (Å²) in [5, 5.41) is 0.196. The molecule has 0 bridgehead atoms. The van der Waals surface area contributed by atoms with Crippen LogP contribution >= 0.6 is 0 Å². The molecule has 0 saturated carbocycles. The molecule has 2 aliphatic rings. The molecule has 1 aromatic rings. The molecule has 2 fully saturated rings. The molecule has 1 aromatic carbocycles. The van der Waals surface area contributed by atoms with E-state index in [4.69, 9.17) is 9.16 Å². The highest BCUT2D eigenvalue weighted by atomic mass is 28.4. The van der Waals surface area contributed by atoms with Crippen molar-refractivity contribution in [1.82, 2.24) is 4.90 Å². The predicted octanol–water partition coefficient (Wildman–Crippen LogP) is 6.30. The second-order valence-corrected chi connectivity index (χ2v) is 16.7. The molecule has 0 atom stereocenters. The number of hydrogen-bond donors (Lipinski definition) is 0. The van der Waals surface area contributed by atoms with Gasteiger partial charge in [-0.25, -0.2) is 4.79 Å². The number of likely N-dealkylation sites (tertiary alicyclic amines) is 1. The number of hydrogen-bond acceptors (Lipinski definition) is 4. The van der Waals surface area contributed by atoms with Crippen LogP contribution in [0.15, 0.2) is 24.3 Å². The molecule has 2 heterocycles. The van der Waals surface area contributed by atoms with Crippen molar-refractivity contribution in [2.75, 3.05) is 31.1 Å². The Kier molecular flexibility index (Phi) is 6.45. The molecule has 5 nitrogen and oxygen atoms in total. The lowest BCUT2D eigenvalue weighted by atomic mass is 9.78. The van der Waals surface area contributed by atoms with E-state index in [0.29, 0.717) is 5.41 Å². The van der Waals surface area contributed by atoms with Gasteiger partial charge in [0, 0.05) is 31.9 Å². The van der Waals surface area contributed by atoms with Crippen molar-refractivity contribution in [3.63, 3.8) is 0 Å². The standard InChI is InChI=1S/C25H42N2O3Si/c1-23(2,3)29-22(28)26-16-13-25(14-17-26)15-18-27(19-25)20-9-11-21(12-10-20)30-31(7,8)24(4,5)6/h9-12H,13-19H2,1-8H3. The summed E-state index contributed by atoms with van der Waals surface area (Å²) in [5.41, 5.74) is 1.15. The summed E-state index contributed by atoms with van der Waals surface area (Å²) in [6.07, 6.45) is 3.12. The van der Waals surface area contributed by atoms with Gasteiger partial charge in [0.15, 0.2) is 0 Å². The molecule has 0 radical (unpaired) electrons. The fourth-order valence-electron chi connectivity index (χ4n) is 4.23. The Bertz CT molecular complexity index is 769. The lowest BCUT2D eigenvalue weighted by Crippen LogP contribution is -2.46. The number of nitrogens with zero attached hydrogens (tertiary/aromatic N) is 2. The van der Waals surface area contributed by atoms with E-state index >= 15 is 0 Å². The van der Waals surface area contributed by atoms with Crippen LogP contribution < -0.4 is 9.33 Å². The van der Waals surface area contributed by atoms with Gasteiger partial charge in [0.1, 0.15) is 11.4 Å². The summed E-state index contributed by atoms with van der Waals surface area (Å²) >= 11 is 0. The highest BCUT2D eigenvalue weighted by Gasteiger charge is 2.42. The Balaban J connectivity index is 1.56. The molecule has 3 rings (SSSR count). The molecule has 31 heavy (non-hydrogen) atoms. The second kappa shape index (κ2) is 8.34. The number of ether oxygens (including phenoxy) is 1.